The van der Waals surface area contributed by atoms with Crippen LogP contribution in [0.5, 0.6) is 0 Å². The molecule has 0 saturated heterocycles. The minimum absolute atomic E-state index is 0.367. The summed E-state index contributed by atoms with van der Waals surface area (Å²) in [5.41, 5.74) is 5.76. The summed E-state index contributed by atoms with van der Waals surface area (Å²) in [6, 6.07) is 0. The summed E-state index contributed by atoms with van der Waals surface area (Å²) >= 11 is 0. The molecular weight excluding hydrogens is 316 g/mol. The zero-order chi connectivity index (χ0) is 17.7. The van der Waals surface area contributed by atoms with Crippen LogP contribution in [-0.4, -0.2) is 115 Å². The predicted molar refractivity (Wildman–Crippen MR) is 75.3 cm³/mol. The van der Waals surface area contributed by atoms with Crippen LogP contribution in [-0.2, 0) is 0 Å². The molecule has 0 saturated carbocycles. The molecule has 13 heteroatoms. The number of guanidine groups is 1. The maximum absolute atomic E-state index is 9.94. The Hall–Kier alpha value is -1.13. The number of nitrogens with zero attached hydrogens (tertiary/aromatic N) is 4. The van der Waals surface area contributed by atoms with Gasteiger partial charge in [-0.15, -0.1) is 0 Å². The van der Waals surface area contributed by atoms with Gasteiger partial charge in [0.2, 0.25) is 5.79 Å². The third-order valence-electron chi connectivity index (χ3n) is 3.81. The van der Waals surface area contributed by atoms with E-state index in [1.54, 1.807) is 0 Å². The lowest BCUT2D eigenvalue weighted by Gasteiger charge is -2.60. The highest BCUT2D eigenvalue weighted by atomic mass is 16.3. The standard InChI is InChI=1S/C10H24N6O7/c11-8-13-9(1-17,12-3-19)16(7-23)10(2-18,15(8)6-22)14(4-20)5-21/h12,17-23H,1-7H2,(H2,11,13). The molecule has 23 heavy (non-hydrogen) atoms. The van der Waals surface area contributed by atoms with Gasteiger partial charge in [0.15, 0.2) is 11.7 Å². The van der Waals surface area contributed by atoms with Gasteiger partial charge in [0.1, 0.15) is 26.9 Å². The van der Waals surface area contributed by atoms with Crippen molar-refractivity contribution in [1.82, 2.24) is 20.0 Å². The quantitative estimate of drug-likeness (QED) is 0.180. The number of hydrogen-bond acceptors (Lipinski definition) is 13. The number of hydrogen-bond donors (Lipinski definition) is 9. The van der Waals surface area contributed by atoms with Gasteiger partial charge in [-0.3, -0.25) is 10.2 Å². The molecule has 136 valence electrons. The van der Waals surface area contributed by atoms with E-state index in [0.29, 0.717) is 0 Å². The Morgan fingerprint density at radius 1 is 1.00 bits per heavy atom. The Morgan fingerprint density at radius 2 is 1.61 bits per heavy atom. The Balaban J connectivity index is 3.63. The molecule has 1 aliphatic heterocycles. The van der Waals surface area contributed by atoms with Crippen LogP contribution in [0.15, 0.2) is 4.99 Å². The number of aliphatic hydroxyl groups excluding tert-OH is 7. The van der Waals surface area contributed by atoms with Gasteiger partial charge >= 0.3 is 0 Å². The molecule has 0 spiro atoms. The molecule has 0 aromatic carbocycles. The Morgan fingerprint density at radius 3 is 1.96 bits per heavy atom. The molecule has 0 amide bonds. The van der Waals surface area contributed by atoms with Gasteiger partial charge in [-0.2, -0.15) is 0 Å². The third-order valence-corrected chi connectivity index (χ3v) is 3.81. The summed E-state index contributed by atoms with van der Waals surface area (Å²) in [5.74, 6) is -4.19. The van der Waals surface area contributed by atoms with Crippen LogP contribution in [0.25, 0.3) is 0 Å². The van der Waals surface area contributed by atoms with Gasteiger partial charge in [-0.25, -0.2) is 14.8 Å². The smallest absolute Gasteiger partial charge is 0.201 e. The molecule has 2 atom stereocenters. The first-order valence-corrected chi connectivity index (χ1v) is 6.64. The second-order valence-corrected chi connectivity index (χ2v) is 4.67. The van der Waals surface area contributed by atoms with Crippen molar-refractivity contribution in [3.05, 3.63) is 0 Å². The molecule has 1 aliphatic rings. The first kappa shape index (κ1) is 19.9. The SMILES string of the molecule is NC1=NC(CO)(NCO)N(CO)C(CO)(N(CO)CO)N1CO. The van der Waals surface area contributed by atoms with Crippen LogP contribution in [0.4, 0.5) is 0 Å². The van der Waals surface area contributed by atoms with Crippen LogP contribution >= 0.6 is 0 Å². The highest BCUT2D eigenvalue weighted by molar-refractivity contribution is 5.80. The summed E-state index contributed by atoms with van der Waals surface area (Å²) < 4.78 is 0. The van der Waals surface area contributed by atoms with Gasteiger partial charge < -0.3 is 41.5 Å². The van der Waals surface area contributed by atoms with E-state index in [4.69, 9.17) is 10.8 Å². The number of nitrogens with one attached hydrogen (secondary N) is 1. The van der Waals surface area contributed by atoms with Crippen LogP contribution in [0.1, 0.15) is 0 Å². The molecule has 13 nitrogen and oxygen atoms in total. The van der Waals surface area contributed by atoms with Crippen molar-refractivity contribution >= 4 is 5.96 Å². The molecular formula is C10H24N6O7. The van der Waals surface area contributed by atoms with Gasteiger partial charge in [0, 0.05) is 0 Å². The van der Waals surface area contributed by atoms with Crippen LogP contribution in [0, 0.1) is 0 Å². The van der Waals surface area contributed by atoms with Crippen LogP contribution in [0.3, 0.4) is 0 Å². The second-order valence-electron chi connectivity index (χ2n) is 4.67. The molecule has 0 bridgehead atoms. The molecule has 2 unspecified atom stereocenters. The minimum atomic E-state index is -1.95. The van der Waals surface area contributed by atoms with Gasteiger partial charge in [0.05, 0.1) is 19.9 Å². The lowest BCUT2D eigenvalue weighted by atomic mass is 10.1. The summed E-state index contributed by atoms with van der Waals surface area (Å²) in [6.07, 6.45) is 0. The van der Waals surface area contributed by atoms with E-state index in [-0.39, 0.29) is 5.96 Å². The molecule has 0 fully saturated rings. The van der Waals surface area contributed by atoms with Crippen molar-refractivity contribution in [2.75, 3.05) is 46.9 Å². The molecule has 0 aromatic rings. The van der Waals surface area contributed by atoms with E-state index in [2.05, 4.69) is 10.3 Å². The largest absolute Gasteiger partial charge is 0.391 e. The summed E-state index contributed by atoms with van der Waals surface area (Å²) in [5, 5.41) is 69.5. The minimum Gasteiger partial charge on any atom is -0.391 e. The lowest BCUT2D eigenvalue weighted by molar-refractivity contribution is -0.280. The van der Waals surface area contributed by atoms with E-state index in [9.17, 15) is 30.6 Å². The van der Waals surface area contributed by atoms with Gasteiger partial charge in [-0.1, -0.05) is 0 Å². The maximum Gasteiger partial charge on any atom is 0.201 e. The van der Waals surface area contributed by atoms with Crippen molar-refractivity contribution in [1.29, 1.82) is 0 Å². The maximum atomic E-state index is 9.94. The fourth-order valence-electron chi connectivity index (χ4n) is 2.67. The zero-order valence-corrected chi connectivity index (χ0v) is 12.4. The van der Waals surface area contributed by atoms with E-state index in [1.165, 1.54) is 0 Å². The zero-order valence-electron chi connectivity index (χ0n) is 12.4. The van der Waals surface area contributed by atoms with Crippen molar-refractivity contribution in [3.8, 4) is 0 Å². The lowest BCUT2D eigenvalue weighted by Crippen LogP contribution is -2.84. The normalized spacial score (nSPS) is 29.2. The fourth-order valence-corrected chi connectivity index (χ4v) is 2.67. The highest BCUT2D eigenvalue weighted by Crippen LogP contribution is 2.34. The van der Waals surface area contributed by atoms with Crippen LogP contribution in [0.2, 0.25) is 0 Å². The monoisotopic (exact) mass is 340 g/mol. The van der Waals surface area contributed by atoms with Crippen molar-refractivity contribution in [2.45, 2.75) is 11.6 Å². The molecule has 1 heterocycles. The molecule has 10 N–H and O–H groups in total. The Bertz CT molecular complexity index is 411. The average Bonchev–Trinajstić information content (AvgIpc) is 2.55. The van der Waals surface area contributed by atoms with Gasteiger partial charge in [-0.05, 0) is 0 Å². The Labute approximate surface area is 132 Å². The van der Waals surface area contributed by atoms with E-state index >= 15 is 0 Å². The number of rotatable bonds is 9. The summed E-state index contributed by atoms with van der Waals surface area (Å²) in [6.45, 7) is -5.55. The van der Waals surface area contributed by atoms with Crippen molar-refractivity contribution in [2.24, 2.45) is 10.7 Å². The molecule has 1 rings (SSSR count). The highest BCUT2D eigenvalue weighted by Gasteiger charge is 2.58. The number of aliphatic hydroxyl groups is 7. The number of nitrogens with two attached hydrogens (primary N) is 1. The summed E-state index contributed by atoms with van der Waals surface area (Å²) in [7, 11) is 0. The van der Waals surface area contributed by atoms with E-state index < -0.39 is 58.4 Å². The van der Waals surface area contributed by atoms with Crippen molar-refractivity contribution in [3.63, 3.8) is 0 Å². The third kappa shape index (κ3) is 2.99. The van der Waals surface area contributed by atoms with Crippen molar-refractivity contribution < 1.29 is 35.7 Å². The molecule has 0 aromatic heterocycles. The average molecular weight is 340 g/mol. The fraction of sp³-hybridized carbons (Fsp3) is 0.900. The summed E-state index contributed by atoms with van der Waals surface area (Å²) in [4.78, 5) is 6.62. The molecule has 0 aliphatic carbocycles. The number of aliphatic imine (C=N–C) groups is 1. The van der Waals surface area contributed by atoms with Crippen LogP contribution < -0.4 is 11.1 Å². The second kappa shape index (κ2) is 8.11. The van der Waals surface area contributed by atoms with Gasteiger partial charge in [0.25, 0.3) is 0 Å². The van der Waals surface area contributed by atoms with E-state index in [1.807, 2.05) is 0 Å². The van der Waals surface area contributed by atoms with E-state index in [0.717, 1.165) is 14.7 Å². The molecule has 0 radical (unpaired) electrons. The first-order chi connectivity index (χ1) is 11.0. The Kier molecular flexibility index (Phi) is 7.02. The predicted octanol–water partition coefficient (Wildman–Crippen LogP) is -6.15. The topological polar surface area (TPSA) is 202 Å². The first-order valence-electron chi connectivity index (χ1n) is 6.64.